The van der Waals surface area contributed by atoms with E-state index in [0.29, 0.717) is 24.2 Å². The Morgan fingerprint density at radius 3 is 2.82 bits per heavy atom. The fraction of sp³-hybridized carbons (Fsp3) is 0.800. The van der Waals surface area contributed by atoms with Gasteiger partial charge in [-0.05, 0) is 32.1 Å². The molecule has 5 atom stereocenters. The van der Waals surface area contributed by atoms with Crippen molar-refractivity contribution in [2.24, 2.45) is 17.3 Å². The molecule has 0 radical (unpaired) electrons. The van der Waals surface area contributed by atoms with Crippen LogP contribution < -0.4 is 0 Å². The maximum absolute atomic E-state index is 12.2. The molecule has 2 saturated carbocycles. The van der Waals surface area contributed by atoms with Gasteiger partial charge in [0, 0.05) is 17.8 Å². The molecule has 2 heteroatoms. The Hall–Kier alpha value is -0.630. The zero-order chi connectivity index (χ0) is 12.4. The Balaban J connectivity index is 1.97. The Morgan fingerprint density at radius 2 is 2.18 bits per heavy atom. The largest absolute Gasteiger partial charge is 0.365 e. The van der Waals surface area contributed by atoms with Crippen LogP contribution in [-0.4, -0.2) is 17.5 Å². The first-order valence-corrected chi connectivity index (χ1v) is 6.76. The lowest BCUT2D eigenvalue weighted by Crippen LogP contribution is -2.53. The summed E-state index contributed by atoms with van der Waals surface area (Å²) in [5.41, 5.74) is 1.10. The predicted octanol–water partition coefficient (Wildman–Crippen LogP) is 3.12. The third-order valence-corrected chi connectivity index (χ3v) is 5.78. The van der Waals surface area contributed by atoms with Crippen LogP contribution in [0.3, 0.4) is 0 Å². The van der Waals surface area contributed by atoms with Gasteiger partial charge < -0.3 is 4.74 Å². The van der Waals surface area contributed by atoms with E-state index in [2.05, 4.69) is 20.4 Å². The second-order valence-electron chi connectivity index (χ2n) is 6.64. The quantitative estimate of drug-likeness (QED) is 0.515. The summed E-state index contributed by atoms with van der Waals surface area (Å²) in [6.07, 6.45) is 4.30. The molecule has 1 spiro atoms. The summed E-state index contributed by atoms with van der Waals surface area (Å²) < 4.78 is 5.99. The summed E-state index contributed by atoms with van der Waals surface area (Å²) in [7, 11) is 0. The van der Waals surface area contributed by atoms with Gasteiger partial charge >= 0.3 is 0 Å². The summed E-state index contributed by atoms with van der Waals surface area (Å²) in [5, 5.41) is 0. The molecule has 17 heavy (non-hydrogen) atoms. The van der Waals surface area contributed by atoms with E-state index >= 15 is 0 Å². The molecule has 3 rings (SSSR count). The molecule has 1 heterocycles. The Bertz CT molecular complexity index is 400. The molecular weight excluding hydrogens is 212 g/mol. The van der Waals surface area contributed by atoms with Gasteiger partial charge in [-0.1, -0.05) is 26.0 Å². The van der Waals surface area contributed by atoms with Gasteiger partial charge in [-0.3, -0.25) is 4.79 Å². The number of ether oxygens (including phenoxy) is 1. The molecule has 0 N–H and O–H groups in total. The van der Waals surface area contributed by atoms with Crippen LogP contribution in [0, 0.1) is 17.3 Å². The Morgan fingerprint density at radius 1 is 1.47 bits per heavy atom. The lowest BCUT2D eigenvalue weighted by Gasteiger charge is -2.49. The van der Waals surface area contributed by atoms with E-state index in [-0.39, 0.29) is 16.9 Å². The van der Waals surface area contributed by atoms with Crippen molar-refractivity contribution >= 4 is 5.78 Å². The number of hydrogen-bond acceptors (Lipinski definition) is 2. The van der Waals surface area contributed by atoms with Gasteiger partial charge in [0.1, 0.15) is 11.4 Å². The lowest BCUT2D eigenvalue weighted by molar-refractivity contribution is -0.132. The topological polar surface area (TPSA) is 29.6 Å². The summed E-state index contributed by atoms with van der Waals surface area (Å²) in [5.74, 6) is 1.07. The zero-order valence-electron chi connectivity index (χ0n) is 11.1. The minimum atomic E-state index is -0.103. The number of Topliss-reactive ketones (excluding diaryl/α,β-unsaturated/α-hetero) is 1. The number of carbonyl (C=O) groups excluding carboxylic acids is 1. The average molecular weight is 234 g/mol. The summed E-state index contributed by atoms with van der Waals surface area (Å²) in [6.45, 7) is 10.6. The highest BCUT2D eigenvalue weighted by atomic mass is 16.6. The SMILES string of the molecule is C=C(C)[C@H]1C[C@]2(C)[C@@H](C)CC[C@@H]3O[C@@]32CC1=O. The van der Waals surface area contributed by atoms with Crippen LogP contribution in [0.1, 0.15) is 46.5 Å². The van der Waals surface area contributed by atoms with E-state index in [9.17, 15) is 4.79 Å². The molecule has 1 aliphatic heterocycles. The first kappa shape index (κ1) is 11.5. The highest BCUT2D eigenvalue weighted by Crippen LogP contribution is 2.67. The van der Waals surface area contributed by atoms with Crippen molar-refractivity contribution in [1.82, 2.24) is 0 Å². The number of epoxide rings is 1. The van der Waals surface area contributed by atoms with Crippen molar-refractivity contribution in [2.45, 2.75) is 58.2 Å². The summed E-state index contributed by atoms with van der Waals surface area (Å²) >= 11 is 0. The lowest BCUT2D eigenvalue weighted by atomic mass is 9.52. The molecule has 0 aromatic rings. The van der Waals surface area contributed by atoms with Crippen LogP contribution in [0.15, 0.2) is 12.2 Å². The molecule has 3 aliphatic rings. The van der Waals surface area contributed by atoms with Gasteiger partial charge in [-0.15, -0.1) is 0 Å². The highest BCUT2D eigenvalue weighted by Gasteiger charge is 2.72. The molecule has 2 aliphatic carbocycles. The maximum atomic E-state index is 12.2. The van der Waals surface area contributed by atoms with E-state index in [1.54, 1.807) is 0 Å². The standard InChI is InChI=1S/C15H22O2/c1-9(2)11-7-14(4)10(3)5-6-13-15(14,17-13)8-12(11)16/h10-11,13H,1,5-8H2,2-4H3/t10-,11+,13-,14+,15-/m0/s1. The fourth-order valence-electron chi connectivity index (χ4n) is 4.25. The highest BCUT2D eigenvalue weighted by molar-refractivity contribution is 5.86. The first-order valence-electron chi connectivity index (χ1n) is 6.76. The van der Waals surface area contributed by atoms with Gasteiger partial charge in [0.2, 0.25) is 0 Å². The van der Waals surface area contributed by atoms with E-state index in [4.69, 9.17) is 4.74 Å². The van der Waals surface area contributed by atoms with Gasteiger partial charge in [0.25, 0.3) is 0 Å². The van der Waals surface area contributed by atoms with Crippen LogP contribution in [0.5, 0.6) is 0 Å². The molecule has 2 nitrogen and oxygen atoms in total. The second-order valence-corrected chi connectivity index (χ2v) is 6.64. The minimum absolute atomic E-state index is 0.0658. The maximum Gasteiger partial charge on any atom is 0.143 e. The average Bonchev–Trinajstić information content (AvgIpc) is 2.94. The van der Waals surface area contributed by atoms with Gasteiger partial charge in [-0.25, -0.2) is 0 Å². The monoisotopic (exact) mass is 234 g/mol. The molecule has 94 valence electrons. The molecule has 1 saturated heterocycles. The predicted molar refractivity (Wildman–Crippen MR) is 66.7 cm³/mol. The molecule has 0 bridgehead atoms. The number of carbonyl (C=O) groups is 1. The second kappa shape index (κ2) is 3.23. The molecule has 0 aromatic heterocycles. The van der Waals surface area contributed by atoms with E-state index < -0.39 is 0 Å². The Labute approximate surface area is 103 Å². The normalized spacial score (nSPS) is 52.6. The van der Waals surface area contributed by atoms with Crippen molar-refractivity contribution < 1.29 is 9.53 Å². The first-order chi connectivity index (χ1) is 7.91. The molecule has 0 amide bonds. The smallest absolute Gasteiger partial charge is 0.143 e. The van der Waals surface area contributed by atoms with Crippen molar-refractivity contribution in [2.75, 3.05) is 0 Å². The van der Waals surface area contributed by atoms with Crippen molar-refractivity contribution in [3.63, 3.8) is 0 Å². The fourth-order valence-corrected chi connectivity index (χ4v) is 4.25. The van der Waals surface area contributed by atoms with Crippen molar-refractivity contribution in [3.8, 4) is 0 Å². The van der Waals surface area contributed by atoms with E-state index in [0.717, 1.165) is 18.4 Å². The molecule has 0 aromatic carbocycles. The van der Waals surface area contributed by atoms with Gasteiger partial charge in [-0.2, -0.15) is 0 Å². The minimum Gasteiger partial charge on any atom is -0.365 e. The van der Waals surface area contributed by atoms with Crippen molar-refractivity contribution in [1.29, 1.82) is 0 Å². The summed E-state index contributed by atoms with van der Waals surface area (Å²) in [4.78, 5) is 12.2. The van der Waals surface area contributed by atoms with Crippen LogP contribution in [0.2, 0.25) is 0 Å². The molecular formula is C15H22O2. The third-order valence-electron chi connectivity index (χ3n) is 5.78. The van der Waals surface area contributed by atoms with Crippen LogP contribution in [0.25, 0.3) is 0 Å². The van der Waals surface area contributed by atoms with E-state index in [1.807, 2.05) is 6.92 Å². The Kier molecular flexibility index (Phi) is 2.17. The zero-order valence-corrected chi connectivity index (χ0v) is 11.1. The van der Waals surface area contributed by atoms with Crippen molar-refractivity contribution in [3.05, 3.63) is 12.2 Å². The third kappa shape index (κ3) is 1.28. The molecule has 0 unspecified atom stereocenters. The number of rotatable bonds is 1. The molecule has 3 fully saturated rings. The summed E-state index contributed by atoms with van der Waals surface area (Å²) in [6, 6.07) is 0. The number of allylic oxidation sites excluding steroid dienone is 1. The van der Waals surface area contributed by atoms with E-state index in [1.165, 1.54) is 6.42 Å². The van der Waals surface area contributed by atoms with Gasteiger partial charge in [0.05, 0.1) is 6.10 Å². The van der Waals surface area contributed by atoms with Crippen LogP contribution in [0.4, 0.5) is 0 Å². The number of hydrogen-bond donors (Lipinski definition) is 0. The van der Waals surface area contributed by atoms with Crippen LogP contribution >= 0.6 is 0 Å². The number of ketones is 1. The van der Waals surface area contributed by atoms with Gasteiger partial charge in [0.15, 0.2) is 0 Å². The van der Waals surface area contributed by atoms with Crippen LogP contribution in [-0.2, 0) is 9.53 Å².